The number of nitrogens with one attached hydrogen (secondary N) is 2. The monoisotopic (exact) mass is 368 g/mol. The molecule has 9 heteroatoms. The van der Waals surface area contributed by atoms with Gasteiger partial charge in [0, 0.05) is 19.8 Å². The molecule has 0 unspecified atom stereocenters. The fourth-order valence-electron chi connectivity index (χ4n) is 2.47. The van der Waals surface area contributed by atoms with Gasteiger partial charge in [-0.3, -0.25) is 4.68 Å². The summed E-state index contributed by atoms with van der Waals surface area (Å²) < 4.78 is 8.74. The van der Waals surface area contributed by atoms with Crippen LogP contribution >= 0.6 is 0 Å². The summed E-state index contributed by atoms with van der Waals surface area (Å²) in [6.45, 7) is 3.81. The van der Waals surface area contributed by atoms with Gasteiger partial charge >= 0.3 is 0 Å². The van der Waals surface area contributed by atoms with Crippen LogP contribution in [-0.4, -0.2) is 44.2 Å². The molecule has 3 aromatic rings. The van der Waals surface area contributed by atoms with Crippen LogP contribution in [0.1, 0.15) is 18.4 Å². The van der Waals surface area contributed by atoms with Gasteiger partial charge < -0.3 is 15.4 Å². The average Bonchev–Trinajstić information content (AvgIpc) is 3.33. The maximum atomic E-state index is 5.18. The van der Waals surface area contributed by atoms with Gasteiger partial charge in [-0.25, -0.2) is 14.7 Å². The van der Waals surface area contributed by atoms with Crippen molar-refractivity contribution in [1.29, 1.82) is 0 Å². The number of aliphatic imine (C=N–C) groups is 1. The maximum Gasteiger partial charge on any atom is 0.192 e. The molecule has 0 saturated carbocycles. The highest BCUT2D eigenvalue weighted by molar-refractivity contribution is 5.79. The molecule has 3 rings (SSSR count). The van der Waals surface area contributed by atoms with E-state index in [4.69, 9.17) is 4.74 Å². The van der Waals surface area contributed by atoms with Crippen LogP contribution < -0.4 is 15.4 Å². The van der Waals surface area contributed by atoms with E-state index in [0.717, 1.165) is 29.5 Å². The van der Waals surface area contributed by atoms with Gasteiger partial charge in [0.1, 0.15) is 17.9 Å². The standard InChI is InChI=1S/C18H24N8O/c1-4-19-18(21-12-17-22-13-23-25(17)2)20-11-14-9-10-26(24-14)15-5-7-16(27-3)8-6-15/h5-10,13H,4,11-12H2,1-3H3,(H2,19,20,21). The van der Waals surface area contributed by atoms with Gasteiger partial charge in [0.2, 0.25) is 0 Å². The normalized spacial score (nSPS) is 11.4. The number of hydrogen-bond acceptors (Lipinski definition) is 5. The predicted octanol–water partition coefficient (Wildman–Crippen LogP) is 1.26. The van der Waals surface area contributed by atoms with E-state index in [-0.39, 0.29) is 0 Å². The highest BCUT2D eigenvalue weighted by Crippen LogP contribution is 2.14. The average molecular weight is 368 g/mol. The highest BCUT2D eigenvalue weighted by atomic mass is 16.5. The molecular weight excluding hydrogens is 344 g/mol. The molecule has 0 bridgehead atoms. The molecule has 0 saturated heterocycles. The number of ether oxygens (including phenoxy) is 1. The molecule has 2 N–H and O–H groups in total. The van der Waals surface area contributed by atoms with Gasteiger partial charge in [0.05, 0.1) is 31.6 Å². The molecule has 2 aromatic heterocycles. The third-order valence-corrected chi connectivity index (χ3v) is 3.94. The molecule has 1 aromatic carbocycles. The van der Waals surface area contributed by atoms with E-state index in [9.17, 15) is 0 Å². The lowest BCUT2D eigenvalue weighted by Gasteiger charge is -2.10. The Bertz CT molecular complexity index is 881. The predicted molar refractivity (Wildman–Crippen MR) is 103 cm³/mol. The Morgan fingerprint density at radius 2 is 2.00 bits per heavy atom. The summed E-state index contributed by atoms with van der Waals surface area (Å²) in [5, 5.41) is 15.1. The van der Waals surface area contributed by atoms with E-state index in [2.05, 4.69) is 30.8 Å². The van der Waals surface area contributed by atoms with E-state index in [0.29, 0.717) is 19.0 Å². The van der Waals surface area contributed by atoms with Crippen molar-refractivity contribution in [2.45, 2.75) is 20.0 Å². The Kier molecular flexibility index (Phi) is 6.03. The van der Waals surface area contributed by atoms with Crippen LogP contribution in [0.3, 0.4) is 0 Å². The minimum atomic E-state index is 0.470. The first kappa shape index (κ1) is 18.4. The molecular formula is C18H24N8O. The first-order valence-electron chi connectivity index (χ1n) is 8.73. The molecule has 0 amide bonds. The third kappa shape index (κ3) is 4.84. The van der Waals surface area contributed by atoms with Crippen molar-refractivity contribution in [3.63, 3.8) is 0 Å². The zero-order chi connectivity index (χ0) is 19.1. The van der Waals surface area contributed by atoms with Gasteiger partial charge in [-0.2, -0.15) is 10.2 Å². The van der Waals surface area contributed by atoms with Crippen molar-refractivity contribution in [1.82, 2.24) is 35.2 Å². The Balaban J connectivity index is 1.63. The van der Waals surface area contributed by atoms with Gasteiger partial charge in [-0.05, 0) is 37.3 Å². The van der Waals surface area contributed by atoms with E-state index in [1.807, 2.05) is 55.2 Å². The van der Waals surface area contributed by atoms with Crippen molar-refractivity contribution in [3.05, 3.63) is 54.4 Å². The van der Waals surface area contributed by atoms with Gasteiger partial charge in [-0.1, -0.05) is 0 Å². The summed E-state index contributed by atoms with van der Waals surface area (Å²) in [7, 11) is 3.51. The topological polar surface area (TPSA) is 94.2 Å². The molecule has 27 heavy (non-hydrogen) atoms. The van der Waals surface area contributed by atoms with Crippen molar-refractivity contribution in [2.75, 3.05) is 13.7 Å². The largest absolute Gasteiger partial charge is 0.497 e. The number of hydrogen-bond donors (Lipinski definition) is 2. The van der Waals surface area contributed by atoms with Crippen molar-refractivity contribution in [2.24, 2.45) is 12.0 Å². The number of nitrogens with zero attached hydrogens (tertiary/aromatic N) is 6. The molecule has 0 aliphatic heterocycles. The Labute approximate surface area is 158 Å². The van der Waals surface area contributed by atoms with Crippen LogP contribution in [0.25, 0.3) is 5.69 Å². The van der Waals surface area contributed by atoms with Crippen LogP contribution in [0.4, 0.5) is 0 Å². The number of methoxy groups -OCH3 is 1. The van der Waals surface area contributed by atoms with E-state index in [1.165, 1.54) is 6.33 Å². The van der Waals surface area contributed by atoms with Crippen LogP contribution in [0.2, 0.25) is 0 Å². The van der Waals surface area contributed by atoms with Crippen LogP contribution in [0.15, 0.2) is 47.8 Å². The van der Waals surface area contributed by atoms with Crippen molar-refractivity contribution >= 4 is 5.96 Å². The minimum absolute atomic E-state index is 0.470. The zero-order valence-electron chi connectivity index (χ0n) is 15.8. The number of aromatic nitrogens is 5. The molecule has 142 valence electrons. The molecule has 0 fully saturated rings. The Hall–Kier alpha value is -3.36. The molecule has 9 nitrogen and oxygen atoms in total. The van der Waals surface area contributed by atoms with Crippen LogP contribution in [-0.2, 0) is 20.1 Å². The van der Waals surface area contributed by atoms with E-state index >= 15 is 0 Å². The summed E-state index contributed by atoms with van der Waals surface area (Å²) in [5.74, 6) is 2.36. The number of aryl methyl sites for hydroxylation is 1. The number of benzene rings is 1. The summed E-state index contributed by atoms with van der Waals surface area (Å²) in [4.78, 5) is 8.79. The second kappa shape index (κ2) is 8.84. The van der Waals surface area contributed by atoms with Crippen LogP contribution in [0, 0.1) is 0 Å². The second-order valence-electron chi connectivity index (χ2n) is 5.80. The summed E-state index contributed by atoms with van der Waals surface area (Å²) in [6, 6.07) is 9.71. The maximum absolute atomic E-state index is 5.18. The SMILES string of the molecule is CCNC(=NCc1ccn(-c2ccc(OC)cc2)n1)NCc1ncnn1C. The van der Waals surface area contributed by atoms with Gasteiger partial charge in [0.15, 0.2) is 5.96 Å². The second-order valence-corrected chi connectivity index (χ2v) is 5.80. The highest BCUT2D eigenvalue weighted by Gasteiger charge is 2.05. The minimum Gasteiger partial charge on any atom is -0.497 e. The smallest absolute Gasteiger partial charge is 0.192 e. The van der Waals surface area contributed by atoms with Gasteiger partial charge in [0.25, 0.3) is 0 Å². The molecule has 0 radical (unpaired) electrons. The van der Waals surface area contributed by atoms with E-state index in [1.54, 1.807) is 11.8 Å². The summed E-state index contributed by atoms with van der Waals surface area (Å²) in [6.07, 6.45) is 3.46. The number of guanidine groups is 1. The lowest BCUT2D eigenvalue weighted by atomic mass is 10.3. The summed E-state index contributed by atoms with van der Waals surface area (Å²) >= 11 is 0. The summed E-state index contributed by atoms with van der Waals surface area (Å²) in [5.41, 5.74) is 1.85. The molecule has 0 atom stereocenters. The zero-order valence-corrected chi connectivity index (χ0v) is 15.8. The third-order valence-electron chi connectivity index (χ3n) is 3.94. The van der Waals surface area contributed by atoms with Crippen LogP contribution in [0.5, 0.6) is 5.75 Å². The first-order valence-corrected chi connectivity index (χ1v) is 8.73. The van der Waals surface area contributed by atoms with E-state index < -0.39 is 0 Å². The molecule has 0 aliphatic rings. The van der Waals surface area contributed by atoms with Gasteiger partial charge in [-0.15, -0.1) is 0 Å². The lowest BCUT2D eigenvalue weighted by molar-refractivity contribution is 0.414. The molecule has 2 heterocycles. The number of rotatable bonds is 7. The molecule has 0 aliphatic carbocycles. The Morgan fingerprint density at radius 1 is 1.19 bits per heavy atom. The molecule has 0 spiro atoms. The fraction of sp³-hybridized carbons (Fsp3) is 0.333. The Morgan fingerprint density at radius 3 is 2.67 bits per heavy atom. The quantitative estimate of drug-likeness (QED) is 0.482. The van der Waals surface area contributed by atoms with Crippen molar-refractivity contribution < 1.29 is 4.74 Å². The first-order chi connectivity index (χ1) is 13.2. The van der Waals surface area contributed by atoms with Crippen molar-refractivity contribution in [3.8, 4) is 11.4 Å². The lowest BCUT2D eigenvalue weighted by Crippen LogP contribution is -2.37. The fourth-order valence-corrected chi connectivity index (χ4v) is 2.47.